The van der Waals surface area contributed by atoms with Crippen LogP contribution in [0.15, 0.2) is 24.3 Å². The van der Waals surface area contributed by atoms with Gasteiger partial charge < -0.3 is 9.84 Å². The van der Waals surface area contributed by atoms with Crippen LogP contribution in [0.25, 0.3) is 0 Å². The van der Waals surface area contributed by atoms with E-state index in [-0.39, 0.29) is 24.4 Å². The maximum Gasteiger partial charge on any atom is 0.306 e. The van der Waals surface area contributed by atoms with Crippen molar-refractivity contribution in [1.82, 2.24) is 0 Å². The second-order valence-corrected chi connectivity index (χ2v) is 13.4. The van der Waals surface area contributed by atoms with Gasteiger partial charge in [0.25, 0.3) is 5.69 Å². The number of nitro benzene ring substituents is 1. The van der Waals surface area contributed by atoms with Crippen LogP contribution in [-0.4, -0.2) is 22.1 Å². The van der Waals surface area contributed by atoms with Crippen LogP contribution in [0.2, 0.25) is 0 Å². The Morgan fingerprint density at radius 1 is 1.05 bits per heavy atom. The van der Waals surface area contributed by atoms with Crippen LogP contribution < -0.4 is 0 Å². The standard InChI is InChI=1S/C31H45NO5/c1-20(4-13-29(34)37-19-21-5-8-23(9-6-21)32(35)36)26-11-12-27-25-10-7-22-18-24(33)14-16-30(22,2)28(25)15-17-31(26,27)3/h5-6,8-9,20,22,24-28,33H,4,7,10-19H2,1-3H3/t20-,22-,24-,25+,26-,27+,28+,30+,31-/m1/s1. The average molecular weight is 512 g/mol. The van der Waals surface area contributed by atoms with E-state index in [2.05, 4.69) is 20.8 Å². The van der Waals surface area contributed by atoms with Gasteiger partial charge in [0.2, 0.25) is 0 Å². The molecule has 4 fully saturated rings. The second-order valence-electron chi connectivity index (χ2n) is 13.4. The van der Waals surface area contributed by atoms with Crippen molar-refractivity contribution in [2.45, 2.75) is 104 Å². The van der Waals surface area contributed by atoms with Crippen molar-refractivity contribution < 1.29 is 19.6 Å². The Kier molecular flexibility index (Phi) is 7.43. The van der Waals surface area contributed by atoms with Gasteiger partial charge in [-0.05, 0) is 128 Å². The van der Waals surface area contributed by atoms with E-state index < -0.39 is 4.92 Å². The third-order valence-corrected chi connectivity index (χ3v) is 11.7. The van der Waals surface area contributed by atoms with E-state index in [1.54, 1.807) is 12.1 Å². The van der Waals surface area contributed by atoms with E-state index >= 15 is 0 Å². The summed E-state index contributed by atoms with van der Waals surface area (Å²) in [6, 6.07) is 6.18. The Balaban J connectivity index is 1.15. The molecule has 6 heteroatoms. The van der Waals surface area contributed by atoms with Crippen molar-refractivity contribution >= 4 is 11.7 Å². The molecule has 1 aromatic carbocycles. The summed E-state index contributed by atoms with van der Waals surface area (Å²) in [5.74, 6) is 4.14. The lowest BCUT2D eigenvalue weighted by atomic mass is 9.44. The summed E-state index contributed by atoms with van der Waals surface area (Å²) in [7, 11) is 0. The Labute approximate surface area is 221 Å². The second kappa shape index (κ2) is 10.3. The molecule has 6 nitrogen and oxygen atoms in total. The minimum Gasteiger partial charge on any atom is -0.461 e. The molecule has 0 unspecified atom stereocenters. The highest BCUT2D eigenvalue weighted by molar-refractivity contribution is 5.69. The van der Waals surface area contributed by atoms with E-state index in [1.807, 2.05) is 0 Å². The third kappa shape index (κ3) is 4.95. The summed E-state index contributed by atoms with van der Waals surface area (Å²) in [6.07, 6.45) is 12.3. The largest absolute Gasteiger partial charge is 0.461 e. The smallest absolute Gasteiger partial charge is 0.306 e. The molecular weight excluding hydrogens is 466 g/mol. The van der Waals surface area contributed by atoms with Gasteiger partial charge in [-0.3, -0.25) is 14.9 Å². The number of hydrogen-bond acceptors (Lipinski definition) is 5. The van der Waals surface area contributed by atoms with Gasteiger partial charge in [-0.1, -0.05) is 20.8 Å². The molecule has 0 amide bonds. The number of rotatable bonds is 7. The van der Waals surface area contributed by atoms with Gasteiger partial charge in [0.1, 0.15) is 6.61 Å². The Morgan fingerprint density at radius 3 is 2.49 bits per heavy atom. The molecular formula is C31H45NO5. The molecule has 5 rings (SSSR count). The van der Waals surface area contributed by atoms with Crippen LogP contribution in [0.5, 0.6) is 0 Å². The molecule has 0 radical (unpaired) electrons. The van der Waals surface area contributed by atoms with Crippen molar-refractivity contribution in [3.05, 3.63) is 39.9 Å². The lowest BCUT2D eigenvalue weighted by molar-refractivity contribution is -0.384. The van der Waals surface area contributed by atoms with Gasteiger partial charge >= 0.3 is 5.97 Å². The number of esters is 1. The zero-order valence-corrected chi connectivity index (χ0v) is 22.9. The Bertz CT molecular complexity index is 994. The number of nitrogens with zero attached hydrogens (tertiary/aromatic N) is 1. The number of aliphatic hydroxyl groups is 1. The van der Waals surface area contributed by atoms with Crippen molar-refractivity contribution in [3.63, 3.8) is 0 Å². The van der Waals surface area contributed by atoms with Gasteiger partial charge in [-0.2, -0.15) is 0 Å². The van der Waals surface area contributed by atoms with E-state index in [1.165, 1.54) is 57.1 Å². The molecule has 9 atom stereocenters. The van der Waals surface area contributed by atoms with Crippen LogP contribution in [0.3, 0.4) is 0 Å². The summed E-state index contributed by atoms with van der Waals surface area (Å²) in [6.45, 7) is 7.62. The van der Waals surface area contributed by atoms with Gasteiger partial charge in [0.05, 0.1) is 11.0 Å². The monoisotopic (exact) mass is 511 g/mol. The maximum absolute atomic E-state index is 12.5. The average Bonchev–Trinajstić information content (AvgIpc) is 3.24. The van der Waals surface area contributed by atoms with Gasteiger partial charge in [-0.15, -0.1) is 0 Å². The normalized spacial score (nSPS) is 39.7. The fourth-order valence-corrected chi connectivity index (χ4v) is 9.71. The molecule has 4 saturated carbocycles. The van der Waals surface area contributed by atoms with Crippen LogP contribution >= 0.6 is 0 Å². The number of benzene rings is 1. The van der Waals surface area contributed by atoms with E-state index in [9.17, 15) is 20.0 Å². The van der Waals surface area contributed by atoms with Crippen molar-refractivity contribution in [1.29, 1.82) is 0 Å². The molecule has 4 aliphatic rings. The Morgan fingerprint density at radius 2 is 1.76 bits per heavy atom. The first-order chi connectivity index (χ1) is 17.6. The van der Waals surface area contributed by atoms with Crippen LogP contribution in [-0.2, 0) is 16.1 Å². The molecule has 0 aromatic heterocycles. The van der Waals surface area contributed by atoms with Gasteiger partial charge in [0.15, 0.2) is 0 Å². The molecule has 0 aliphatic heterocycles. The Hall–Kier alpha value is -1.95. The van der Waals surface area contributed by atoms with Crippen LogP contribution in [0, 0.1) is 56.5 Å². The molecule has 0 heterocycles. The molecule has 1 aromatic rings. The number of ether oxygens (including phenoxy) is 1. The topological polar surface area (TPSA) is 89.7 Å². The molecule has 0 spiro atoms. The number of carbonyl (C=O) groups is 1. The zero-order valence-electron chi connectivity index (χ0n) is 22.9. The third-order valence-electron chi connectivity index (χ3n) is 11.7. The number of hydrogen-bond donors (Lipinski definition) is 1. The number of carbonyl (C=O) groups excluding carboxylic acids is 1. The van der Waals surface area contributed by atoms with Crippen molar-refractivity contribution in [3.8, 4) is 0 Å². The fraction of sp³-hybridized carbons (Fsp3) is 0.774. The lowest BCUT2D eigenvalue weighted by Gasteiger charge is -2.61. The number of non-ortho nitro benzene ring substituents is 1. The molecule has 4 aliphatic carbocycles. The molecule has 37 heavy (non-hydrogen) atoms. The predicted octanol–water partition coefficient (Wildman–Crippen LogP) is 7.07. The van der Waals surface area contributed by atoms with Gasteiger partial charge in [-0.25, -0.2) is 0 Å². The summed E-state index contributed by atoms with van der Waals surface area (Å²) >= 11 is 0. The maximum atomic E-state index is 12.5. The minimum atomic E-state index is -0.426. The highest BCUT2D eigenvalue weighted by atomic mass is 16.6. The summed E-state index contributed by atoms with van der Waals surface area (Å²) in [5.41, 5.74) is 1.60. The van der Waals surface area contributed by atoms with Crippen LogP contribution in [0.4, 0.5) is 5.69 Å². The highest BCUT2D eigenvalue weighted by Crippen LogP contribution is 2.68. The van der Waals surface area contributed by atoms with E-state index in [4.69, 9.17) is 4.74 Å². The lowest BCUT2D eigenvalue weighted by Crippen LogP contribution is -2.54. The number of nitro groups is 1. The highest BCUT2D eigenvalue weighted by Gasteiger charge is 2.60. The molecule has 204 valence electrons. The van der Waals surface area contributed by atoms with Crippen molar-refractivity contribution in [2.24, 2.45) is 46.3 Å². The molecule has 1 N–H and O–H groups in total. The SMILES string of the molecule is C[C@H](CCC(=O)OCc1ccc([N+](=O)[O-])cc1)[C@H]1CC[C@H]2[C@@H]3CC[C@@H]4C[C@H](O)CC[C@]4(C)[C@H]3CC[C@]12C. The summed E-state index contributed by atoms with van der Waals surface area (Å²) in [4.78, 5) is 22.9. The molecule has 0 bridgehead atoms. The first-order valence-electron chi connectivity index (χ1n) is 14.7. The minimum absolute atomic E-state index is 0.0426. The molecule has 0 saturated heterocycles. The van der Waals surface area contributed by atoms with Crippen molar-refractivity contribution in [2.75, 3.05) is 0 Å². The van der Waals surface area contributed by atoms with Crippen LogP contribution in [0.1, 0.15) is 97.0 Å². The quantitative estimate of drug-likeness (QED) is 0.240. The van der Waals surface area contributed by atoms with E-state index in [0.717, 1.165) is 42.6 Å². The number of aliphatic hydroxyl groups excluding tert-OH is 1. The zero-order chi connectivity index (χ0) is 26.4. The predicted molar refractivity (Wildman–Crippen MR) is 143 cm³/mol. The summed E-state index contributed by atoms with van der Waals surface area (Å²) in [5, 5.41) is 21.1. The van der Waals surface area contributed by atoms with E-state index in [0.29, 0.717) is 35.0 Å². The summed E-state index contributed by atoms with van der Waals surface area (Å²) < 4.78 is 5.49. The van der Waals surface area contributed by atoms with Gasteiger partial charge in [0, 0.05) is 18.6 Å². The first-order valence-corrected chi connectivity index (χ1v) is 14.7. The first kappa shape index (κ1) is 26.6. The number of fused-ring (bicyclic) bond motifs is 5. The fourth-order valence-electron chi connectivity index (χ4n) is 9.71.